The topological polar surface area (TPSA) is 49.4 Å². The fraction of sp³-hybridized carbons (Fsp3) is 0.385. The number of amides is 3. The van der Waals surface area contributed by atoms with Gasteiger partial charge in [-0.25, -0.2) is 4.79 Å². The van der Waals surface area contributed by atoms with E-state index < -0.39 is 0 Å². The molecule has 90 valence electrons. The Morgan fingerprint density at radius 3 is 2.12 bits per heavy atom. The maximum absolute atomic E-state index is 11.5. The third kappa shape index (κ3) is 2.30. The number of nitrogens with one attached hydrogen (secondary N) is 1. The Kier molecular flexibility index (Phi) is 2.65. The van der Waals surface area contributed by atoms with E-state index in [1.807, 2.05) is 24.3 Å². The average molecular weight is 232 g/mol. The highest BCUT2D eigenvalue weighted by atomic mass is 16.2. The predicted molar refractivity (Wildman–Crippen MR) is 66.0 cm³/mol. The zero-order valence-electron chi connectivity index (χ0n) is 10.3. The van der Waals surface area contributed by atoms with Crippen molar-refractivity contribution in [1.82, 2.24) is 5.32 Å². The molecule has 1 aliphatic rings. The van der Waals surface area contributed by atoms with Gasteiger partial charge in [-0.05, 0) is 23.1 Å². The van der Waals surface area contributed by atoms with Gasteiger partial charge in [0, 0.05) is 5.69 Å². The molecule has 1 saturated heterocycles. The van der Waals surface area contributed by atoms with Crippen LogP contribution in [0.3, 0.4) is 0 Å². The summed E-state index contributed by atoms with van der Waals surface area (Å²) < 4.78 is 0. The maximum Gasteiger partial charge on any atom is 0.329 e. The minimum Gasteiger partial charge on any atom is -0.285 e. The molecule has 0 radical (unpaired) electrons. The molecule has 0 bridgehead atoms. The van der Waals surface area contributed by atoms with E-state index >= 15 is 0 Å². The Morgan fingerprint density at radius 2 is 1.71 bits per heavy atom. The van der Waals surface area contributed by atoms with E-state index in [0.29, 0.717) is 0 Å². The number of nitrogens with zero attached hydrogens (tertiary/aromatic N) is 1. The Balaban J connectivity index is 2.24. The maximum atomic E-state index is 11.5. The quantitative estimate of drug-likeness (QED) is 0.753. The van der Waals surface area contributed by atoms with Gasteiger partial charge in [-0.15, -0.1) is 0 Å². The highest BCUT2D eigenvalue weighted by Gasteiger charge is 2.28. The average Bonchev–Trinajstić information content (AvgIpc) is 2.57. The molecule has 0 aliphatic carbocycles. The molecule has 0 aromatic heterocycles. The number of carbonyl (C=O) groups excluding carboxylic acids is 2. The van der Waals surface area contributed by atoms with Crippen LogP contribution in [0.4, 0.5) is 10.5 Å². The van der Waals surface area contributed by atoms with Gasteiger partial charge in [0.15, 0.2) is 0 Å². The summed E-state index contributed by atoms with van der Waals surface area (Å²) in [5.41, 5.74) is 2.04. The normalized spacial score (nSPS) is 16.3. The predicted octanol–water partition coefficient (Wildman–Crippen LogP) is 2.04. The number of hydrogen-bond acceptors (Lipinski definition) is 2. The number of hydrogen-bond donors (Lipinski definition) is 1. The lowest BCUT2D eigenvalue weighted by molar-refractivity contribution is -0.117. The lowest BCUT2D eigenvalue weighted by Gasteiger charge is -2.20. The first-order valence-corrected chi connectivity index (χ1v) is 5.60. The molecule has 1 aliphatic heterocycles. The zero-order chi connectivity index (χ0) is 12.6. The fourth-order valence-electron chi connectivity index (χ4n) is 1.79. The van der Waals surface area contributed by atoms with Crippen LogP contribution < -0.4 is 10.2 Å². The molecule has 1 aromatic rings. The number of rotatable bonds is 1. The van der Waals surface area contributed by atoms with Gasteiger partial charge in [0.25, 0.3) is 0 Å². The molecular weight excluding hydrogens is 216 g/mol. The van der Waals surface area contributed by atoms with Crippen LogP contribution in [0, 0.1) is 0 Å². The second kappa shape index (κ2) is 3.87. The van der Waals surface area contributed by atoms with E-state index in [1.165, 1.54) is 10.5 Å². The summed E-state index contributed by atoms with van der Waals surface area (Å²) in [5.74, 6) is -0.255. The lowest BCUT2D eigenvalue weighted by Crippen LogP contribution is -2.27. The van der Waals surface area contributed by atoms with Gasteiger partial charge in [0.2, 0.25) is 5.91 Å². The second-order valence-electron chi connectivity index (χ2n) is 5.24. The standard InChI is InChI=1S/C13H16N2O2/c1-13(2,3)9-4-6-10(7-5-9)15-8-11(16)14-12(15)17/h4-7H,8H2,1-3H3,(H,14,16,17). The van der Waals surface area contributed by atoms with Gasteiger partial charge in [-0.1, -0.05) is 32.9 Å². The third-order valence-corrected chi connectivity index (χ3v) is 2.84. The summed E-state index contributed by atoms with van der Waals surface area (Å²) in [6, 6.07) is 7.38. The molecule has 1 fully saturated rings. The van der Waals surface area contributed by atoms with Gasteiger partial charge in [-0.2, -0.15) is 0 Å². The third-order valence-electron chi connectivity index (χ3n) is 2.84. The van der Waals surface area contributed by atoms with Gasteiger partial charge in [0.05, 0.1) is 0 Å². The van der Waals surface area contributed by atoms with Crippen LogP contribution in [-0.4, -0.2) is 18.5 Å². The van der Waals surface area contributed by atoms with E-state index in [2.05, 4.69) is 26.1 Å². The number of imide groups is 1. The Bertz CT molecular complexity index is 457. The molecule has 0 atom stereocenters. The lowest BCUT2D eigenvalue weighted by atomic mass is 9.87. The van der Waals surface area contributed by atoms with Crippen molar-refractivity contribution in [2.75, 3.05) is 11.4 Å². The zero-order valence-corrected chi connectivity index (χ0v) is 10.3. The Morgan fingerprint density at radius 1 is 1.12 bits per heavy atom. The minimum atomic E-state index is -0.349. The molecule has 17 heavy (non-hydrogen) atoms. The van der Waals surface area contributed by atoms with E-state index in [0.717, 1.165) is 5.69 Å². The highest BCUT2D eigenvalue weighted by molar-refractivity contribution is 6.12. The number of anilines is 1. The smallest absolute Gasteiger partial charge is 0.285 e. The summed E-state index contributed by atoms with van der Waals surface area (Å²) in [6.45, 7) is 6.50. The van der Waals surface area contributed by atoms with Gasteiger partial charge in [0.1, 0.15) is 6.54 Å². The molecule has 0 unspecified atom stereocenters. The van der Waals surface area contributed by atoms with Crippen LogP contribution in [-0.2, 0) is 10.2 Å². The van der Waals surface area contributed by atoms with E-state index in [4.69, 9.17) is 0 Å². The molecule has 0 spiro atoms. The molecule has 0 saturated carbocycles. The minimum absolute atomic E-state index is 0.0849. The number of urea groups is 1. The van der Waals surface area contributed by atoms with Crippen molar-refractivity contribution in [2.45, 2.75) is 26.2 Å². The first kappa shape index (κ1) is 11.6. The monoisotopic (exact) mass is 232 g/mol. The summed E-state index contributed by atoms with van der Waals surface area (Å²) in [5, 5.41) is 2.26. The number of benzene rings is 1. The Hall–Kier alpha value is -1.84. The summed E-state index contributed by atoms with van der Waals surface area (Å²) in [6.07, 6.45) is 0. The molecular formula is C13H16N2O2. The van der Waals surface area contributed by atoms with Crippen LogP contribution in [0.1, 0.15) is 26.3 Å². The van der Waals surface area contributed by atoms with Crippen LogP contribution >= 0.6 is 0 Å². The van der Waals surface area contributed by atoms with Gasteiger partial charge in [-0.3, -0.25) is 15.0 Å². The summed E-state index contributed by atoms with van der Waals surface area (Å²) in [7, 11) is 0. The van der Waals surface area contributed by atoms with E-state index in [1.54, 1.807) is 0 Å². The van der Waals surface area contributed by atoms with Crippen molar-refractivity contribution in [3.05, 3.63) is 29.8 Å². The summed E-state index contributed by atoms with van der Waals surface area (Å²) >= 11 is 0. The molecule has 3 amide bonds. The van der Waals surface area contributed by atoms with Gasteiger partial charge < -0.3 is 0 Å². The molecule has 4 nitrogen and oxygen atoms in total. The van der Waals surface area contributed by atoms with Crippen molar-refractivity contribution < 1.29 is 9.59 Å². The second-order valence-corrected chi connectivity index (χ2v) is 5.24. The fourth-order valence-corrected chi connectivity index (χ4v) is 1.79. The van der Waals surface area contributed by atoms with Crippen molar-refractivity contribution >= 4 is 17.6 Å². The van der Waals surface area contributed by atoms with E-state index in [9.17, 15) is 9.59 Å². The molecule has 1 heterocycles. The molecule has 1 N–H and O–H groups in total. The molecule has 4 heteroatoms. The van der Waals surface area contributed by atoms with Crippen molar-refractivity contribution in [3.8, 4) is 0 Å². The first-order chi connectivity index (χ1) is 7.88. The van der Waals surface area contributed by atoms with Crippen LogP contribution in [0.25, 0.3) is 0 Å². The number of carbonyl (C=O) groups is 2. The van der Waals surface area contributed by atoms with E-state index in [-0.39, 0.29) is 23.9 Å². The van der Waals surface area contributed by atoms with Crippen molar-refractivity contribution in [2.24, 2.45) is 0 Å². The molecule has 2 rings (SSSR count). The highest BCUT2D eigenvalue weighted by Crippen LogP contribution is 2.25. The van der Waals surface area contributed by atoms with Crippen LogP contribution in [0.5, 0.6) is 0 Å². The first-order valence-electron chi connectivity index (χ1n) is 5.60. The molecule has 1 aromatic carbocycles. The largest absolute Gasteiger partial charge is 0.329 e. The van der Waals surface area contributed by atoms with Crippen molar-refractivity contribution in [3.63, 3.8) is 0 Å². The summed E-state index contributed by atoms with van der Waals surface area (Å²) in [4.78, 5) is 24.0. The van der Waals surface area contributed by atoms with Crippen molar-refractivity contribution in [1.29, 1.82) is 0 Å². The SMILES string of the molecule is CC(C)(C)c1ccc(N2CC(=O)NC2=O)cc1. The van der Waals surface area contributed by atoms with Crippen LogP contribution in [0.15, 0.2) is 24.3 Å². The van der Waals surface area contributed by atoms with Crippen LogP contribution in [0.2, 0.25) is 0 Å². The van der Waals surface area contributed by atoms with Gasteiger partial charge >= 0.3 is 6.03 Å². The Labute approximate surface area is 101 Å².